The number of halogens is 1. The van der Waals surface area contributed by atoms with Gasteiger partial charge in [0, 0.05) is 10.2 Å². The number of amides is 1. The van der Waals surface area contributed by atoms with E-state index < -0.39 is 0 Å². The highest BCUT2D eigenvalue weighted by Gasteiger charge is 2.14. The lowest BCUT2D eigenvalue weighted by atomic mass is 10.1. The quantitative estimate of drug-likeness (QED) is 0.448. The fourth-order valence-corrected chi connectivity index (χ4v) is 2.82. The lowest BCUT2D eigenvalue weighted by Crippen LogP contribution is -2.14. The average Bonchev–Trinajstić information content (AvgIpc) is 2.63. The van der Waals surface area contributed by atoms with Crippen molar-refractivity contribution in [2.45, 2.75) is 40.5 Å². The summed E-state index contributed by atoms with van der Waals surface area (Å²) in [5.41, 5.74) is 1.23. The molecule has 28 heavy (non-hydrogen) atoms. The van der Waals surface area contributed by atoms with Gasteiger partial charge in [0.2, 0.25) is 0 Å². The van der Waals surface area contributed by atoms with Gasteiger partial charge in [0.05, 0.1) is 18.8 Å². The van der Waals surface area contributed by atoms with Crippen LogP contribution in [0.1, 0.15) is 50.9 Å². The van der Waals surface area contributed by atoms with Gasteiger partial charge in [-0.1, -0.05) is 43.6 Å². The molecule has 0 bridgehead atoms. The molecule has 0 unspecified atom stereocenters. The molecular weight excluding hydrogens is 418 g/mol. The number of hydrogen-bond donors (Lipinski definition) is 1. The fraction of sp³-hybridized carbons (Fsp3) is 0.435. The van der Waals surface area contributed by atoms with Gasteiger partial charge in [-0.05, 0) is 67.1 Å². The van der Waals surface area contributed by atoms with Gasteiger partial charge < -0.3 is 14.8 Å². The molecule has 152 valence electrons. The molecule has 0 aromatic heterocycles. The van der Waals surface area contributed by atoms with Crippen molar-refractivity contribution in [1.82, 2.24) is 0 Å². The van der Waals surface area contributed by atoms with Gasteiger partial charge >= 0.3 is 0 Å². The molecule has 2 aromatic carbocycles. The minimum atomic E-state index is -0.200. The Hall–Kier alpha value is -2.01. The summed E-state index contributed by atoms with van der Waals surface area (Å²) in [6, 6.07) is 12.9. The molecule has 0 atom stereocenters. The van der Waals surface area contributed by atoms with E-state index in [1.807, 2.05) is 36.4 Å². The Morgan fingerprint density at radius 3 is 2.14 bits per heavy atom. The summed E-state index contributed by atoms with van der Waals surface area (Å²) in [5.74, 6) is 2.36. The van der Waals surface area contributed by atoms with E-state index in [0.717, 1.165) is 23.1 Å². The van der Waals surface area contributed by atoms with Crippen molar-refractivity contribution in [3.8, 4) is 11.5 Å². The molecule has 0 saturated heterocycles. The van der Waals surface area contributed by atoms with Crippen LogP contribution in [0, 0.1) is 11.8 Å². The highest BCUT2D eigenvalue weighted by Crippen LogP contribution is 2.25. The molecule has 0 radical (unpaired) electrons. The summed E-state index contributed by atoms with van der Waals surface area (Å²) < 4.78 is 12.4. The van der Waals surface area contributed by atoms with Crippen LogP contribution >= 0.6 is 15.9 Å². The topological polar surface area (TPSA) is 47.6 Å². The molecule has 0 aliphatic rings. The molecular formula is C23H30BrNO3. The Labute approximate surface area is 176 Å². The van der Waals surface area contributed by atoms with Gasteiger partial charge in [0.25, 0.3) is 5.91 Å². The van der Waals surface area contributed by atoms with E-state index >= 15 is 0 Å². The van der Waals surface area contributed by atoms with Crippen LogP contribution in [-0.4, -0.2) is 19.1 Å². The van der Waals surface area contributed by atoms with Crippen LogP contribution < -0.4 is 14.8 Å². The second kappa shape index (κ2) is 11.1. The fourth-order valence-electron chi connectivity index (χ4n) is 2.46. The SMILES string of the molecule is CC(C)CCOc1ccc(NC(=O)c2cc(Br)ccc2OCCC(C)C)cc1. The molecule has 0 saturated carbocycles. The summed E-state index contributed by atoms with van der Waals surface area (Å²) in [7, 11) is 0. The minimum Gasteiger partial charge on any atom is -0.494 e. The first kappa shape index (κ1) is 22.3. The zero-order chi connectivity index (χ0) is 20.5. The number of hydrogen-bond acceptors (Lipinski definition) is 3. The molecule has 1 amide bonds. The molecule has 0 spiro atoms. The van der Waals surface area contributed by atoms with Crippen molar-refractivity contribution in [3.05, 3.63) is 52.5 Å². The molecule has 0 heterocycles. The van der Waals surface area contributed by atoms with Crippen molar-refractivity contribution in [2.75, 3.05) is 18.5 Å². The Bertz CT molecular complexity index is 757. The average molecular weight is 448 g/mol. The van der Waals surface area contributed by atoms with Crippen LogP contribution in [0.2, 0.25) is 0 Å². The van der Waals surface area contributed by atoms with Gasteiger partial charge in [0.1, 0.15) is 11.5 Å². The smallest absolute Gasteiger partial charge is 0.259 e. The maximum atomic E-state index is 12.8. The lowest BCUT2D eigenvalue weighted by molar-refractivity contribution is 0.102. The van der Waals surface area contributed by atoms with Crippen LogP contribution in [0.15, 0.2) is 46.9 Å². The number of ether oxygens (including phenoxy) is 2. The summed E-state index contributed by atoms with van der Waals surface area (Å²) in [4.78, 5) is 12.8. The number of carbonyl (C=O) groups is 1. The van der Waals surface area contributed by atoms with E-state index in [2.05, 4.69) is 48.9 Å². The van der Waals surface area contributed by atoms with E-state index in [1.54, 1.807) is 6.07 Å². The standard InChI is InChI=1S/C23H30BrNO3/c1-16(2)11-13-27-20-8-6-19(7-9-20)25-23(26)21-15-18(24)5-10-22(21)28-14-12-17(3)4/h5-10,15-17H,11-14H2,1-4H3,(H,25,26). The largest absolute Gasteiger partial charge is 0.494 e. The van der Waals surface area contributed by atoms with Gasteiger partial charge in [-0.2, -0.15) is 0 Å². The predicted octanol–water partition coefficient (Wildman–Crippen LogP) is 6.55. The van der Waals surface area contributed by atoms with Crippen LogP contribution in [-0.2, 0) is 0 Å². The van der Waals surface area contributed by atoms with E-state index in [0.29, 0.717) is 42.0 Å². The summed E-state index contributed by atoms with van der Waals surface area (Å²) in [6.07, 6.45) is 1.95. The number of benzene rings is 2. The maximum absolute atomic E-state index is 12.8. The number of carbonyl (C=O) groups excluding carboxylic acids is 1. The van der Waals surface area contributed by atoms with E-state index in [4.69, 9.17) is 9.47 Å². The third-order valence-corrected chi connectivity index (χ3v) is 4.71. The Kier molecular flexibility index (Phi) is 8.84. The Balaban J connectivity index is 2.00. The zero-order valence-electron chi connectivity index (χ0n) is 17.1. The van der Waals surface area contributed by atoms with Crippen molar-refractivity contribution in [2.24, 2.45) is 11.8 Å². The van der Waals surface area contributed by atoms with Crippen LogP contribution in [0.3, 0.4) is 0 Å². The maximum Gasteiger partial charge on any atom is 0.259 e. The number of anilines is 1. The van der Waals surface area contributed by atoms with Gasteiger partial charge in [-0.3, -0.25) is 4.79 Å². The molecule has 2 rings (SSSR count). The third-order valence-electron chi connectivity index (χ3n) is 4.22. The minimum absolute atomic E-state index is 0.200. The van der Waals surface area contributed by atoms with Crippen LogP contribution in [0.5, 0.6) is 11.5 Å². The summed E-state index contributed by atoms with van der Waals surface area (Å²) in [5, 5.41) is 2.93. The van der Waals surface area contributed by atoms with Crippen LogP contribution in [0.25, 0.3) is 0 Å². The third kappa shape index (κ3) is 7.55. The molecule has 0 fully saturated rings. The zero-order valence-corrected chi connectivity index (χ0v) is 18.7. The van der Waals surface area contributed by atoms with Gasteiger partial charge in [-0.25, -0.2) is 0 Å². The van der Waals surface area contributed by atoms with Crippen molar-refractivity contribution in [1.29, 1.82) is 0 Å². The normalized spacial score (nSPS) is 11.0. The van der Waals surface area contributed by atoms with Crippen molar-refractivity contribution < 1.29 is 14.3 Å². The lowest BCUT2D eigenvalue weighted by Gasteiger charge is -2.13. The Morgan fingerprint density at radius 2 is 1.54 bits per heavy atom. The van der Waals surface area contributed by atoms with Gasteiger partial charge in [0.15, 0.2) is 0 Å². The van der Waals surface area contributed by atoms with E-state index in [9.17, 15) is 4.79 Å². The predicted molar refractivity (Wildman–Crippen MR) is 118 cm³/mol. The van der Waals surface area contributed by atoms with Crippen LogP contribution in [0.4, 0.5) is 5.69 Å². The second-order valence-electron chi connectivity index (χ2n) is 7.68. The first-order valence-electron chi connectivity index (χ1n) is 9.81. The highest BCUT2D eigenvalue weighted by atomic mass is 79.9. The van der Waals surface area contributed by atoms with E-state index in [-0.39, 0.29) is 5.91 Å². The first-order valence-corrected chi connectivity index (χ1v) is 10.6. The molecule has 2 aromatic rings. The molecule has 4 nitrogen and oxygen atoms in total. The monoisotopic (exact) mass is 447 g/mol. The number of rotatable bonds is 10. The number of nitrogens with one attached hydrogen (secondary N) is 1. The first-order chi connectivity index (χ1) is 13.3. The summed E-state index contributed by atoms with van der Waals surface area (Å²) >= 11 is 3.43. The highest BCUT2D eigenvalue weighted by molar-refractivity contribution is 9.10. The van der Waals surface area contributed by atoms with Crippen molar-refractivity contribution >= 4 is 27.5 Å². The Morgan fingerprint density at radius 1 is 0.929 bits per heavy atom. The molecule has 1 N–H and O–H groups in total. The summed E-state index contributed by atoms with van der Waals surface area (Å²) in [6.45, 7) is 9.92. The molecule has 5 heteroatoms. The molecule has 0 aliphatic carbocycles. The van der Waals surface area contributed by atoms with E-state index in [1.165, 1.54) is 0 Å². The van der Waals surface area contributed by atoms with Crippen molar-refractivity contribution in [3.63, 3.8) is 0 Å². The van der Waals surface area contributed by atoms with Gasteiger partial charge in [-0.15, -0.1) is 0 Å². The molecule has 0 aliphatic heterocycles. The second-order valence-corrected chi connectivity index (χ2v) is 8.60.